The second kappa shape index (κ2) is 13.2. The molecule has 7 heteroatoms. The zero-order chi connectivity index (χ0) is 26.1. The van der Waals surface area contributed by atoms with Crippen molar-refractivity contribution in [2.45, 2.75) is 65.3 Å². The summed E-state index contributed by atoms with van der Waals surface area (Å²) >= 11 is 0. The minimum Gasteiger partial charge on any atom is -0.494 e. The molecule has 0 fully saturated rings. The number of aryl methyl sites for hydroxylation is 1. The van der Waals surface area contributed by atoms with Crippen LogP contribution >= 0.6 is 0 Å². The molecule has 0 saturated carbocycles. The number of ketones is 1. The smallest absolute Gasteiger partial charge is 0.247 e. The van der Waals surface area contributed by atoms with Crippen molar-refractivity contribution in [3.8, 4) is 5.75 Å². The molecule has 7 nitrogen and oxygen atoms in total. The number of hydrogen-bond acceptors (Lipinski definition) is 5. The minimum atomic E-state index is -0.799. The van der Waals surface area contributed by atoms with Crippen molar-refractivity contribution in [2.75, 3.05) is 6.61 Å². The number of ether oxygens (including phenoxy) is 1. The standard InChI is InChI=1S/C29H38N2O5/c1-19(2)17-25-24(29(34)31-35)7-5-4-6-16-36-23-14-10-21(11-15-23)18-26(30-28(25)33)27(32)22-12-8-20(3)9-13-22/h8-15,19,24-26,35H,4-7,16-18H2,1-3H3,(H,30,33)(H,31,34)/t24-,25?,26-/m0/s1. The Balaban J connectivity index is 1.97. The van der Waals surface area contributed by atoms with Gasteiger partial charge in [0.2, 0.25) is 11.8 Å². The lowest BCUT2D eigenvalue weighted by atomic mass is 9.80. The molecule has 2 aliphatic heterocycles. The van der Waals surface area contributed by atoms with Crippen molar-refractivity contribution in [3.63, 3.8) is 0 Å². The first-order valence-electron chi connectivity index (χ1n) is 12.9. The van der Waals surface area contributed by atoms with E-state index in [-0.39, 0.29) is 17.6 Å². The molecule has 0 aromatic heterocycles. The normalized spacial score (nSPS) is 21.5. The zero-order valence-corrected chi connectivity index (χ0v) is 21.5. The maximum absolute atomic E-state index is 13.7. The summed E-state index contributed by atoms with van der Waals surface area (Å²) in [5, 5.41) is 12.4. The van der Waals surface area contributed by atoms with Crippen LogP contribution in [0.5, 0.6) is 5.75 Å². The number of carbonyl (C=O) groups excluding carboxylic acids is 3. The van der Waals surface area contributed by atoms with Crippen molar-refractivity contribution in [2.24, 2.45) is 17.8 Å². The van der Waals surface area contributed by atoms with Crippen molar-refractivity contribution in [1.82, 2.24) is 10.8 Å². The van der Waals surface area contributed by atoms with Crippen LogP contribution in [0.2, 0.25) is 0 Å². The molecule has 0 radical (unpaired) electrons. The van der Waals surface area contributed by atoms with E-state index in [2.05, 4.69) is 5.32 Å². The zero-order valence-electron chi connectivity index (χ0n) is 21.5. The number of fused-ring (bicyclic) bond motifs is 13. The summed E-state index contributed by atoms with van der Waals surface area (Å²) in [4.78, 5) is 39.9. The summed E-state index contributed by atoms with van der Waals surface area (Å²) in [6, 6.07) is 14.1. The number of hydrogen-bond donors (Lipinski definition) is 3. The lowest BCUT2D eigenvalue weighted by Crippen LogP contribution is -2.48. The van der Waals surface area contributed by atoms with E-state index in [1.807, 2.05) is 57.2 Å². The van der Waals surface area contributed by atoms with Gasteiger partial charge >= 0.3 is 0 Å². The molecule has 0 aliphatic carbocycles. The van der Waals surface area contributed by atoms with Crippen LogP contribution in [0.4, 0.5) is 0 Å². The molecule has 1 unspecified atom stereocenters. The van der Waals surface area contributed by atoms with E-state index in [1.54, 1.807) is 17.6 Å². The number of benzene rings is 2. The fourth-order valence-corrected chi connectivity index (χ4v) is 4.76. The van der Waals surface area contributed by atoms with E-state index in [0.717, 1.165) is 29.7 Å². The first-order valence-corrected chi connectivity index (χ1v) is 12.9. The summed E-state index contributed by atoms with van der Waals surface area (Å²) in [6.07, 6.45) is 3.61. The van der Waals surface area contributed by atoms with Gasteiger partial charge in [-0.2, -0.15) is 0 Å². The summed E-state index contributed by atoms with van der Waals surface area (Å²) < 4.78 is 5.84. The van der Waals surface area contributed by atoms with Gasteiger partial charge in [0.25, 0.3) is 0 Å². The lowest BCUT2D eigenvalue weighted by molar-refractivity contribution is -0.141. The molecule has 0 spiro atoms. The first kappa shape index (κ1) is 27.4. The largest absolute Gasteiger partial charge is 0.494 e. The maximum Gasteiger partial charge on any atom is 0.247 e. The molecule has 2 bridgehead atoms. The molecule has 36 heavy (non-hydrogen) atoms. The molecule has 2 aromatic rings. The van der Waals surface area contributed by atoms with Gasteiger partial charge < -0.3 is 10.1 Å². The SMILES string of the molecule is Cc1ccc(C(=O)[C@@H]2Cc3ccc(cc3)OCCCCC[C@H](C(=O)NO)C(CC(C)C)C(=O)N2)cc1. The third-order valence-electron chi connectivity index (χ3n) is 6.76. The van der Waals surface area contributed by atoms with Gasteiger partial charge in [-0.25, -0.2) is 5.48 Å². The predicted octanol–water partition coefficient (Wildman–Crippen LogP) is 4.64. The Morgan fingerprint density at radius 1 is 1.06 bits per heavy atom. The highest BCUT2D eigenvalue weighted by molar-refractivity contribution is 6.02. The van der Waals surface area contributed by atoms with Crippen LogP contribution in [-0.4, -0.2) is 35.5 Å². The monoisotopic (exact) mass is 494 g/mol. The van der Waals surface area contributed by atoms with Gasteiger partial charge in [0, 0.05) is 17.9 Å². The third kappa shape index (κ3) is 7.65. The highest BCUT2D eigenvalue weighted by Gasteiger charge is 2.36. The van der Waals surface area contributed by atoms with Gasteiger partial charge in [-0.3, -0.25) is 19.6 Å². The summed E-state index contributed by atoms with van der Waals surface area (Å²) in [5.74, 6) is -1.55. The van der Waals surface area contributed by atoms with Crippen LogP contribution < -0.4 is 15.5 Å². The topological polar surface area (TPSA) is 105 Å². The maximum atomic E-state index is 13.7. The van der Waals surface area contributed by atoms with Gasteiger partial charge in [0.05, 0.1) is 18.6 Å². The number of Topliss-reactive ketones (excluding diaryl/α,β-unsaturated/α-hetero) is 1. The Labute approximate surface area is 213 Å². The molecular formula is C29H38N2O5. The van der Waals surface area contributed by atoms with Gasteiger partial charge in [-0.15, -0.1) is 0 Å². The number of rotatable bonds is 5. The molecular weight excluding hydrogens is 456 g/mol. The van der Waals surface area contributed by atoms with Gasteiger partial charge in [-0.05, 0) is 49.8 Å². The van der Waals surface area contributed by atoms with Crippen molar-refractivity contribution < 1.29 is 24.3 Å². The van der Waals surface area contributed by atoms with Crippen LogP contribution in [0.3, 0.4) is 0 Å². The summed E-state index contributed by atoms with van der Waals surface area (Å²) in [7, 11) is 0. The van der Waals surface area contributed by atoms with E-state index in [0.29, 0.717) is 37.9 Å². The van der Waals surface area contributed by atoms with Gasteiger partial charge in [0.1, 0.15) is 5.75 Å². The second-order valence-corrected chi connectivity index (χ2v) is 10.2. The van der Waals surface area contributed by atoms with Gasteiger partial charge in [0.15, 0.2) is 5.78 Å². The fraction of sp³-hybridized carbons (Fsp3) is 0.483. The summed E-state index contributed by atoms with van der Waals surface area (Å²) in [6.45, 7) is 6.50. The van der Waals surface area contributed by atoms with E-state index in [9.17, 15) is 19.6 Å². The molecule has 2 heterocycles. The Kier molecular flexibility index (Phi) is 10.1. The second-order valence-electron chi connectivity index (χ2n) is 10.2. The predicted molar refractivity (Wildman–Crippen MR) is 138 cm³/mol. The van der Waals surface area contributed by atoms with Crippen LogP contribution in [0.1, 0.15) is 67.4 Å². The molecule has 3 N–H and O–H groups in total. The number of hydroxylamine groups is 1. The fourth-order valence-electron chi connectivity index (χ4n) is 4.76. The molecule has 0 saturated heterocycles. The number of carbonyl (C=O) groups is 3. The third-order valence-corrected chi connectivity index (χ3v) is 6.76. The van der Waals surface area contributed by atoms with Crippen LogP contribution in [-0.2, 0) is 16.0 Å². The highest BCUT2D eigenvalue weighted by atomic mass is 16.5. The van der Waals surface area contributed by atoms with E-state index in [4.69, 9.17) is 4.74 Å². The van der Waals surface area contributed by atoms with Crippen molar-refractivity contribution in [3.05, 3.63) is 65.2 Å². The van der Waals surface area contributed by atoms with Crippen LogP contribution in [0.25, 0.3) is 0 Å². The van der Waals surface area contributed by atoms with E-state index >= 15 is 0 Å². The van der Waals surface area contributed by atoms with Crippen LogP contribution in [0, 0.1) is 24.7 Å². The van der Waals surface area contributed by atoms with Gasteiger partial charge in [-0.1, -0.05) is 68.7 Å². The number of nitrogens with one attached hydrogen (secondary N) is 2. The Morgan fingerprint density at radius 2 is 1.75 bits per heavy atom. The first-order chi connectivity index (χ1) is 17.3. The van der Waals surface area contributed by atoms with Crippen molar-refractivity contribution in [1.29, 1.82) is 0 Å². The Bertz CT molecular complexity index is 1020. The molecule has 2 aliphatic rings. The Hall–Kier alpha value is -3.19. The quantitative estimate of drug-likeness (QED) is 0.319. The molecule has 194 valence electrons. The number of amides is 2. The Morgan fingerprint density at radius 3 is 2.39 bits per heavy atom. The lowest BCUT2D eigenvalue weighted by Gasteiger charge is -2.28. The minimum absolute atomic E-state index is 0.146. The van der Waals surface area contributed by atoms with E-state index in [1.165, 1.54) is 0 Å². The van der Waals surface area contributed by atoms with Crippen LogP contribution in [0.15, 0.2) is 48.5 Å². The molecule has 4 rings (SSSR count). The van der Waals surface area contributed by atoms with E-state index < -0.39 is 23.8 Å². The van der Waals surface area contributed by atoms with Crippen molar-refractivity contribution >= 4 is 17.6 Å². The average Bonchev–Trinajstić information content (AvgIpc) is 2.86. The highest BCUT2D eigenvalue weighted by Crippen LogP contribution is 2.27. The molecule has 3 atom stereocenters. The average molecular weight is 495 g/mol. The molecule has 2 aromatic carbocycles. The summed E-state index contributed by atoms with van der Waals surface area (Å²) in [5.41, 5.74) is 4.22. The molecule has 2 amide bonds.